The van der Waals surface area contributed by atoms with Crippen molar-refractivity contribution in [1.29, 1.82) is 0 Å². The predicted octanol–water partition coefficient (Wildman–Crippen LogP) is 6.64. The zero-order chi connectivity index (χ0) is 22.5. The Balaban J connectivity index is 1.42. The van der Waals surface area contributed by atoms with E-state index in [0.717, 1.165) is 51.7 Å². The van der Waals surface area contributed by atoms with Gasteiger partial charge in [0, 0.05) is 35.3 Å². The summed E-state index contributed by atoms with van der Waals surface area (Å²) >= 11 is 1.68. The minimum Gasteiger partial charge on any atom is -0.385 e. The van der Waals surface area contributed by atoms with Gasteiger partial charge in [0.15, 0.2) is 0 Å². The number of aryl methyl sites for hydroxylation is 3. The molecule has 4 aromatic rings. The van der Waals surface area contributed by atoms with Gasteiger partial charge in [-0.2, -0.15) is 0 Å². The van der Waals surface area contributed by atoms with Crippen LogP contribution in [0.15, 0.2) is 72.1 Å². The zero-order valence-electron chi connectivity index (χ0n) is 18.6. The highest BCUT2D eigenvalue weighted by Gasteiger charge is 2.14. The number of carbonyl (C=O) groups excluding carboxylic acids is 1. The molecule has 1 aromatic heterocycles. The minimum atomic E-state index is -0.108. The summed E-state index contributed by atoms with van der Waals surface area (Å²) < 4.78 is 0. The molecule has 0 spiro atoms. The highest BCUT2D eigenvalue weighted by Crippen LogP contribution is 2.26. The molecule has 1 heterocycles. The van der Waals surface area contributed by atoms with Crippen molar-refractivity contribution in [2.24, 2.45) is 0 Å². The topological polar surface area (TPSA) is 54.0 Å². The average Bonchev–Trinajstić information content (AvgIpc) is 3.20. The first-order chi connectivity index (χ1) is 15.5. The summed E-state index contributed by atoms with van der Waals surface area (Å²) in [5.41, 5.74) is 7.81. The van der Waals surface area contributed by atoms with Crippen molar-refractivity contribution in [3.63, 3.8) is 0 Å². The second-order valence-corrected chi connectivity index (χ2v) is 9.04. The summed E-state index contributed by atoms with van der Waals surface area (Å²) in [6.45, 7) is 6.90. The number of hydrogen-bond acceptors (Lipinski definition) is 4. The zero-order valence-corrected chi connectivity index (χ0v) is 19.4. The van der Waals surface area contributed by atoms with Gasteiger partial charge in [-0.1, -0.05) is 47.5 Å². The van der Waals surface area contributed by atoms with Crippen LogP contribution in [0.3, 0.4) is 0 Å². The van der Waals surface area contributed by atoms with E-state index in [1.54, 1.807) is 11.3 Å². The third-order valence-electron chi connectivity index (χ3n) is 5.30. The number of nitrogens with zero attached hydrogens (tertiary/aromatic N) is 1. The van der Waals surface area contributed by atoms with E-state index in [1.807, 2.05) is 56.3 Å². The predicted molar refractivity (Wildman–Crippen MR) is 135 cm³/mol. The van der Waals surface area contributed by atoms with Gasteiger partial charge >= 0.3 is 0 Å². The lowest BCUT2D eigenvalue weighted by molar-refractivity contribution is 0.102. The molecule has 0 fully saturated rings. The maximum atomic E-state index is 13.1. The van der Waals surface area contributed by atoms with Crippen LogP contribution >= 0.6 is 11.3 Å². The van der Waals surface area contributed by atoms with E-state index >= 15 is 0 Å². The van der Waals surface area contributed by atoms with Gasteiger partial charge in [0.25, 0.3) is 5.91 Å². The number of carbonyl (C=O) groups is 1. The van der Waals surface area contributed by atoms with Crippen LogP contribution in [0.5, 0.6) is 0 Å². The molecule has 0 aliphatic rings. The molecule has 1 amide bonds. The Morgan fingerprint density at radius 1 is 0.875 bits per heavy atom. The summed E-state index contributed by atoms with van der Waals surface area (Å²) in [7, 11) is 0. The maximum absolute atomic E-state index is 13.1. The molecule has 3 aromatic carbocycles. The molecular weight excluding hydrogens is 414 g/mol. The van der Waals surface area contributed by atoms with Gasteiger partial charge in [-0.05, 0) is 62.2 Å². The molecule has 0 saturated heterocycles. The van der Waals surface area contributed by atoms with Crippen LogP contribution in [-0.4, -0.2) is 17.4 Å². The number of benzene rings is 3. The SMILES string of the molecule is Cc1ccc(-c2ccc(C)cc2C(=O)Nc2ccc(NCCc3csc(C)n3)cc2)cc1. The van der Waals surface area contributed by atoms with Gasteiger partial charge in [0.1, 0.15) is 0 Å². The maximum Gasteiger partial charge on any atom is 0.256 e. The number of hydrogen-bond donors (Lipinski definition) is 2. The Bertz CT molecular complexity index is 1210. The average molecular weight is 442 g/mol. The van der Waals surface area contributed by atoms with Crippen molar-refractivity contribution in [2.75, 3.05) is 17.2 Å². The van der Waals surface area contributed by atoms with Gasteiger partial charge in [0.2, 0.25) is 0 Å². The van der Waals surface area contributed by atoms with E-state index in [2.05, 4.69) is 52.2 Å². The second kappa shape index (κ2) is 9.79. The quantitative estimate of drug-likeness (QED) is 0.338. The van der Waals surface area contributed by atoms with Gasteiger partial charge in [-0.3, -0.25) is 4.79 Å². The van der Waals surface area contributed by atoms with Crippen molar-refractivity contribution < 1.29 is 4.79 Å². The molecule has 4 nitrogen and oxygen atoms in total. The number of aromatic nitrogens is 1. The van der Waals surface area contributed by atoms with Gasteiger partial charge in [-0.15, -0.1) is 11.3 Å². The summed E-state index contributed by atoms with van der Waals surface area (Å²) in [4.78, 5) is 17.6. The first kappa shape index (κ1) is 21.8. The highest BCUT2D eigenvalue weighted by molar-refractivity contribution is 7.09. The molecule has 4 rings (SSSR count). The largest absolute Gasteiger partial charge is 0.385 e. The lowest BCUT2D eigenvalue weighted by Gasteiger charge is -2.13. The van der Waals surface area contributed by atoms with Gasteiger partial charge in [-0.25, -0.2) is 4.98 Å². The van der Waals surface area contributed by atoms with E-state index in [0.29, 0.717) is 5.56 Å². The van der Waals surface area contributed by atoms with Crippen molar-refractivity contribution >= 4 is 28.6 Å². The van der Waals surface area contributed by atoms with Crippen LogP contribution in [0.1, 0.15) is 32.2 Å². The van der Waals surface area contributed by atoms with Crippen LogP contribution in [-0.2, 0) is 6.42 Å². The van der Waals surface area contributed by atoms with Crippen LogP contribution in [0.25, 0.3) is 11.1 Å². The fourth-order valence-corrected chi connectivity index (χ4v) is 4.21. The third-order valence-corrected chi connectivity index (χ3v) is 6.12. The van der Waals surface area contributed by atoms with Gasteiger partial charge in [0.05, 0.1) is 10.7 Å². The number of thiazole rings is 1. The van der Waals surface area contributed by atoms with E-state index in [-0.39, 0.29) is 5.91 Å². The molecule has 5 heteroatoms. The van der Waals surface area contributed by atoms with Crippen molar-refractivity contribution in [3.8, 4) is 11.1 Å². The Hall–Kier alpha value is -3.44. The van der Waals surface area contributed by atoms with E-state index in [1.165, 1.54) is 5.56 Å². The molecule has 2 N–H and O–H groups in total. The van der Waals surface area contributed by atoms with Crippen molar-refractivity contribution in [2.45, 2.75) is 27.2 Å². The van der Waals surface area contributed by atoms with Crippen LogP contribution < -0.4 is 10.6 Å². The fourth-order valence-electron chi connectivity index (χ4n) is 3.56. The first-order valence-corrected chi connectivity index (χ1v) is 11.6. The number of amides is 1. The van der Waals surface area contributed by atoms with Crippen LogP contribution in [0.4, 0.5) is 11.4 Å². The summed E-state index contributed by atoms with van der Waals surface area (Å²) in [5, 5.41) is 9.65. The molecule has 162 valence electrons. The van der Waals surface area contributed by atoms with Crippen molar-refractivity contribution in [1.82, 2.24) is 4.98 Å². The first-order valence-electron chi connectivity index (χ1n) is 10.7. The molecule has 0 bridgehead atoms. The summed E-state index contributed by atoms with van der Waals surface area (Å²) in [6, 6.07) is 22.1. The van der Waals surface area contributed by atoms with E-state index in [9.17, 15) is 4.79 Å². The molecule has 0 atom stereocenters. The second-order valence-electron chi connectivity index (χ2n) is 7.98. The summed E-state index contributed by atoms with van der Waals surface area (Å²) in [6.07, 6.45) is 0.887. The van der Waals surface area contributed by atoms with E-state index < -0.39 is 0 Å². The molecule has 32 heavy (non-hydrogen) atoms. The lowest BCUT2D eigenvalue weighted by Crippen LogP contribution is -2.13. The molecule has 0 aliphatic heterocycles. The molecule has 0 radical (unpaired) electrons. The Labute approximate surface area is 193 Å². The monoisotopic (exact) mass is 441 g/mol. The van der Waals surface area contributed by atoms with Gasteiger partial charge < -0.3 is 10.6 Å². The Morgan fingerprint density at radius 3 is 2.25 bits per heavy atom. The number of rotatable bonds is 7. The normalized spacial score (nSPS) is 10.7. The highest BCUT2D eigenvalue weighted by atomic mass is 32.1. The van der Waals surface area contributed by atoms with E-state index in [4.69, 9.17) is 0 Å². The third kappa shape index (κ3) is 5.42. The minimum absolute atomic E-state index is 0.108. The lowest BCUT2D eigenvalue weighted by atomic mass is 9.96. The fraction of sp³-hybridized carbons (Fsp3) is 0.185. The Kier molecular flexibility index (Phi) is 6.66. The molecule has 0 aliphatic carbocycles. The number of nitrogens with one attached hydrogen (secondary N) is 2. The Morgan fingerprint density at radius 2 is 1.56 bits per heavy atom. The summed E-state index contributed by atoms with van der Waals surface area (Å²) in [5.74, 6) is -0.108. The van der Waals surface area contributed by atoms with Crippen LogP contribution in [0, 0.1) is 20.8 Å². The molecule has 0 saturated carbocycles. The smallest absolute Gasteiger partial charge is 0.256 e. The molecule has 0 unspecified atom stereocenters. The van der Waals surface area contributed by atoms with Crippen LogP contribution in [0.2, 0.25) is 0 Å². The standard InChI is InChI=1S/C27H27N3OS/c1-18-4-7-21(8-5-18)25-13-6-19(2)16-26(25)27(31)30-23-11-9-22(10-12-23)28-15-14-24-17-32-20(3)29-24/h4-13,16-17,28H,14-15H2,1-3H3,(H,30,31). The molecular formula is C27H27N3OS. The van der Waals surface area contributed by atoms with Crippen molar-refractivity contribution in [3.05, 3.63) is 99.5 Å². The number of anilines is 2.